The first-order chi connectivity index (χ1) is 8.58. The normalized spacial score (nSPS) is 17.9. The zero-order chi connectivity index (χ0) is 13.1. The van der Waals surface area contributed by atoms with Crippen molar-refractivity contribution in [2.75, 3.05) is 0 Å². The molecule has 1 aromatic carbocycles. The second-order valence-corrected chi connectivity index (χ2v) is 5.91. The second kappa shape index (κ2) is 6.04. The van der Waals surface area contributed by atoms with Gasteiger partial charge in [0.05, 0.1) is 0 Å². The maximum atomic E-state index is 11.4. The van der Waals surface area contributed by atoms with Crippen molar-refractivity contribution in [1.29, 1.82) is 0 Å². The molecule has 0 amide bonds. The fourth-order valence-electron chi connectivity index (χ4n) is 2.36. The van der Waals surface area contributed by atoms with E-state index in [1.807, 2.05) is 6.07 Å². The summed E-state index contributed by atoms with van der Waals surface area (Å²) in [5.74, 6) is -0.883. The Balaban J connectivity index is 2.20. The number of aliphatic carboxylic acids is 1. The van der Waals surface area contributed by atoms with Crippen molar-refractivity contribution in [1.82, 2.24) is 5.32 Å². The average molecular weight is 333 g/mol. The summed E-state index contributed by atoms with van der Waals surface area (Å²) in [4.78, 5) is 11.4. The van der Waals surface area contributed by atoms with E-state index in [1.165, 1.54) is 0 Å². The molecule has 5 heteroatoms. The third-order valence-electron chi connectivity index (χ3n) is 3.28. The van der Waals surface area contributed by atoms with Crippen LogP contribution in [0.15, 0.2) is 22.7 Å². The van der Waals surface area contributed by atoms with E-state index in [0.29, 0.717) is 10.6 Å². The molecule has 1 atom stereocenters. The minimum Gasteiger partial charge on any atom is -0.480 e. The van der Waals surface area contributed by atoms with Crippen molar-refractivity contribution >= 4 is 33.5 Å². The number of halogens is 2. The summed E-state index contributed by atoms with van der Waals surface area (Å²) < 4.78 is 0.848. The fraction of sp³-hybridized carbons (Fsp3) is 0.462. The number of nitrogens with one attached hydrogen (secondary N) is 1. The minimum atomic E-state index is -0.883. The van der Waals surface area contributed by atoms with Gasteiger partial charge < -0.3 is 5.11 Å². The molecule has 2 rings (SSSR count). The highest BCUT2D eigenvalue weighted by molar-refractivity contribution is 9.10. The molecule has 1 saturated carbocycles. The van der Waals surface area contributed by atoms with Crippen LogP contribution in [-0.4, -0.2) is 17.1 Å². The first-order valence-electron chi connectivity index (χ1n) is 6.01. The van der Waals surface area contributed by atoms with Crippen molar-refractivity contribution in [3.63, 3.8) is 0 Å². The quantitative estimate of drug-likeness (QED) is 0.882. The third kappa shape index (κ3) is 3.25. The molecule has 1 aromatic rings. The van der Waals surface area contributed by atoms with Gasteiger partial charge in [-0.2, -0.15) is 0 Å². The van der Waals surface area contributed by atoms with Gasteiger partial charge in [0.15, 0.2) is 0 Å². The van der Waals surface area contributed by atoms with Gasteiger partial charge in [-0.3, -0.25) is 10.1 Å². The van der Waals surface area contributed by atoms with Crippen LogP contribution in [0.2, 0.25) is 5.02 Å². The van der Waals surface area contributed by atoms with Crippen molar-refractivity contribution in [3.8, 4) is 0 Å². The van der Waals surface area contributed by atoms with E-state index in [-0.39, 0.29) is 6.04 Å². The predicted molar refractivity (Wildman–Crippen MR) is 74.9 cm³/mol. The SMILES string of the molecule is O=C(O)C(NC1CCCC1)c1ccc(Br)cc1Cl. The van der Waals surface area contributed by atoms with Crippen LogP contribution in [0.1, 0.15) is 37.3 Å². The summed E-state index contributed by atoms with van der Waals surface area (Å²) in [6.07, 6.45) is 4.41. The van der Waals surface area contributed by atoms with Crippen LogP contribution in [0.4, 0.5) is 0 Å². The molecule has 2 N–H and O–H groups in total. The monoisotopic (exact) mass is 331 g/mol. The van der Waals surface area contributed by atoms with Gasteiger partial charge in [0.1, 0.15) is 6.04 Å². The van der Waals surface area contributed by atoms with E-state index in [0.717, 1.165) is 30.2 Å². The van der Waals surface area contributed by atoms with Gasteiger partial charge in [-0.25, -0.2) is 0 Å². The zero-order valence-electron chi connectivity index (χ0n) is 9.83. The van der Waals surface area contributed by atoms with Gasteiger partial charge in [-0.05, 0) is 30.5 Å². The van der Waals surface area contributed by atoms with Crippen molar-refractivity contribution < 1.29 is 9.90 Å². The lowest BCUT2D eigenvalue weighted by molar-refractivity contribution is -0.139. The van der Waals surface area contributed by atoms with Crippen LogP contribution in [0.25, 0.3) is 0 Å². The predicted octanol–water partition coefficient (Wildman–Crippen LogP) is 3.76. The molecule has 0 aromatic heterocycles. The highest BCUT2D eigenvalue weighted by atomic mass is 79.9. The van der Waals surface area contributed by atoms with E-state index >= 15 is 0 Å². The highest BCUT2D eigenvalue weighted by Crippen LogP contribution is 2.29. The lowest BCUT2D eigenvalue weighted by Crippen LogP contribution is -2.35. The van der Waals surface area contributed by atoms with Crippen LogP contribution < -0.4 is 5.32 Å². The number of rotatable bonds is 4. The van der Waals surface area contributed by atoms with E-state index in [4.69, 9.17) is 11.6 Å². The first-order valence-corrected chi connectivity index (χ1v) is 7.19. The summed E-state index contributed by atoms with van der Waals surface area (Å²) in [5, 5.41) is 13.0. The van der Waals surface area contributed by atoms with Crippen LogP contribution in [0.3, 0.4) is 0 Å². The minimum absolute atomic E-state index is 0.283. The standard InChI is InChI=1S/C13H15BrClNO2/c14-8-5-6-10(11(15)7-8)12(13(17)18)16-9-3-1-2-4-9/h5-7,9,12,16H,1-4H2,(H,17,18). The molecular weight excluding hydrogens is 318 g/mol. The molecular formula is C13H15BrClNO2. The van der Waals surface area contributed by atoms with Crippen molar-refractivity contribution in [3.05, 3.63) is 33.3 Å². The molecule has 0 saturated heterocycles. The van der Waals surface area contributed by atoms with Crippen LogP contribution in [0, 0.1) is 0 Å². The Kier molecular flexibility index (Phi) is 4.65. The smallest absolute Gasteiger partial charge is 0.325 e. The molecule has 1 aliphatic rings. The Morgan fingerprint density at radius 3 is 2.67 bits per heavy atom. The number of hydrogen-bond donors (Lipinski definition) is 2. The molecule has 1 unspecified atom stereocenters. The molecule has 98 valence electrons. The maximum absolute atomic E-state index is 11.4. The molecule has 18 heavy (non-hydrogen) atoms. The van der Waals surface area contributed by atoms with Gasteiger partial charge in [0.25, 0.3) is 0 Å². The third-order valence-corrected chi connectivity index (χ3v) is 4.10. The van der Waals surface area contributed by atoms with Crippen LogP contribution >= 0.6 is 27.5 Å². The Hall–Kier alpha value is -0.580. The summed E-state index contributed by atoms with van der Waals surface area (Å²) in [6.45, 7) is 0. The Labute approximate surface area is 120 Å². The Morgan fingerprint density at radius 2 is 2.11 bits per heavy atom. The topological polar surface area (TPSA) is 49.3 Å². The molecule has 0 aliphatic heterocycles. The van der Waals surface area contributed by atoms with Gasteiger partial charge >= 0.3 is 5.97 Å². The van der Waals surface area contributed by atoms with Crippen molar-refractivity contribution in [2.24, 2.45) is 0 Å². The first kappa shape index (κ1) is 13.8. The summed E-state index contributed by atoms with van der Waals surface area (Å²) in [6, 6.07) is 4.85. The molecule has 0 heterocycles. The van der Waals surface area contributed by atoms with E-state index in [1.54, 1.807) is 12.1 Å². The molecule has 0 radical (unpaired) electrons. The van der Waals surface area contributed by atoms with E-state index in [2.05, 4.69) is 21.2 Å². The largest absolute Gasteiger partial charge is 0.480 e. The van der Waals surface area contributed by atoms with Gasteiger partial charge in [0, 0.05) is 15.5 Å². The number of carbonyl (C=O) groups is 1. The van der Waals surface area contributed by atoms with Crippen LogP contribution in [0.5, 0.6) is 0 Å². The number of carboxylic acid groups (broad SMARTS) is 1. The Morgan fingerprint density at radius 1 is 1.44 bits per heavy atom. The van der Waals surface area contributed by atoms with Gasteiger partial charge in [0.2, 0.25) is 0 Å². The molecule has 0 spiro atoms. The number of hydrogen-bond acceptors (Lipinski definition) is 2. The van der Waals surface area contributed by atoms with E-state index in [9.17, 15) is 9.90 Å². The van der Waals surface area contributed by atoms with Crippen molar-refractivity contribution in [2.45, 2.75) is 37.8 Å². The Bertz CT molecular complexity index is 447. The lowest BCUT2D eigenvalue weighted by Gasteiger charge is -2.20. The summed E-state index contributed by atoms with van der Waals surface area (Å²) in [5.41, 5.74) is 0.624. The van der Waals surface area contributed by atoms with Gasteiger partial charge in [-0.1, -0.05) is 46.4 Å². The van der Waals surface area contributed by atoms with Gasteiger partial charge in [-0.15, -0.1) is 0 Å². The number of benzene rings is 1. The zero-order valence-corrected chi connectivity index (χ0v) is 12.2. The molecule has 3 nitrogen and oxygen atoms in total. The molecule has 1 fully saturated rings. The van der Waals surface area contributed by atoms with E-state index < -0.39 is 12.0 Å². The highest BCUT2D eigenvalue weighted by Gasteiger charge is 2.26. The number of carboxylic acids is 1. The lowest BCUT2D eigenvalue weighted by atomic mass is 10.1. The fourth-order valence-corrected chi connectivity index (χ4v) is 3.14. The van der Waals surface area contributed by atoms with Crippen LogP contribution in [-0.2, 0) is 4.79 Å². The maximum Gasteiger partial charge on any atom is 0.325 e. The average Bonchev–Trinajstić information content (AvgIpc) is 2.79. The second-order valence-electron chi connectivity index (χ2n) is 4.59. The summed E-state index contributed by atoms with van der Waals surface area (Å²) in [7, 11) is 0. The summed E-state index contributed by atoms with van der Waals surface area (Å²) >= 11 is 9.44. The molecule has 0 bridgehead atoms. The molecule has 1 aliphatic carbocycles.